The van der Waals surface area contributed by atoms with Crippen molar-refractivity contribution in [2.75, 3.05) is 6.54 Å². The Morgan fingerprint density at radius 2 is 1.68 bits per heavy atom. The summed E-state index contributed by atoms with van der Waals surface area (Å²) >= 11 is 0. The predicted molar refractivity (Wildman–Crippen MR) is 71.6 cm³/mol. The highest BCUT2D eigenvalue weighted by atomic mass is 16.4. The number of unbranched alkanes of at least 4 members (excludes halogenated alkanes) is 3. The van der Waals surface area contributed by atoms with Crippen LogP contribution in [0.3, 0.4) is 0 Å². The average Bonchev–Trinajstić information content (AvgIpc) is 2.36. The van der Waals surface area contributed by atoms with Crippen molar-refractivity contribution >= 4 is 17.8 Å². The molecule has 0 aliphatic carbocycles. The zero-order valence-electron chi connectivity index (χ0n) is 11.7. The first-order chi connectivity index (χ1) is 8.97. The van der Waals surface area contributed by atoms with Gasteiger partial charge in [0.05, 0.1) is 0 Å². The number of carbonyl (C=O) groups is 3. The molecule has 19 heavy (non-hydrogen) atoms. The van der Waals surface area contributed by atoms with Crippen LogP contribution in [0.25, 0.3) is 0 Å². The normalized spacial score (nSPS) is 11.7. The van der Waals surface area contributed by atoms with Gasteiger partial charge in [-0.2, -0.15) is 0 Å². The lowest BCUT2D eigenvalue weighted by atomic mass is 10.2. The van der Waals surface area contributed by atoms with Gasteiger partial charge >= 0.3 is 5.97 Å². The second-order valence-electron chi connectivity index (χ2n) is 4.54. The number of hydrogen-bond acceptors (Lipinski definition) is 3. The van der Waals surface area contributed by atoms with Crippen molar-refractivity contribution in [3.8, 4) is 0 Å². The Bertz CT molecular complexity index is 305. The molecule has 0 aromatic carbocycles. The summed E-state index contributed by atoms with van der Waals surface area (Å²) in [6.45, 7) is 4.13. The summed E-state index contributed by atoms with van der Waals surface area (Å²) in [6, 6.07) is -0.926. The van der Waals surface area contributed by atoms with E-state index in [1.54, 1.807) is 0 Å². The molecule has 0 aromatic rings. The maximum Gasteiger partial charge on any atom is 0.325 e. The Labute approximate surface area is 113 Å². The fourth-order valence-electron chi connectivity index (χ4n) is 1.47. The third-order valence-electron chi connectivity index (χ3n) is 2.68. The molecule has 6 heteroatoms. The highest BCUT2D eigenvalue weighted by Gasteiger charge is 2.14. The maximum absolute atomic E-state index is 11.4. The summed E-state index contributed by atoms with van der Waals surface area (Å²) in [5.74, 6) is -1.68. The zero-order chi connectivity index (χ0) is 14.7. The third-order valence-corrected chi connectivity index (χ3v) is 2.68. The molecular weight excluding hydrogens is 248 g/mol. The molecule has 0 aliphatic rings. The van der Waals surface area contributed by atoms with Gasteiger partial charge in [0.1, 0.15) is 6.04 Å². The van der Waals surface area contributed by atoms with Crippen molar-refractivity contribution < 1.29 is 19.5 Å². The molecule has 0 aliphatic heterocycles. The van der Waals surface area contributed by atoms with E-state index < -0.39 is 17.9 Å². The molecule has 2 amide bonds. The van der Waals surface area contributed by atoms with Crippen molar-refractivity contribution in [1.29, 1.82) is 0 Å². The maximum atomic E-state index is 11.4. The van der Waals surface area contributed by atoms with Gasteiger partial charge in [0.2, 0.25) is 11.8 Å². The van der Waals surface area contributed by atoms with Gasteiger partial charge in [-0.25, -0.2) is 0 Å². The molecule has 0 radical (unpaired) electrons. The summed E-state index contributed by atoms with van der Waals surface area (Å²) in [5.41, 5.74) is 0. The molecule has 110 valence electrons. The van der Waals surface area contributed by atoms with Gasteiger partial charge in [0.15, 0.2) is 0 Å². The molecule has 0 heterocycles. The first-order valence-electron chi connectivity index (χ1n) is 6.76. The molecule has 0 spiro atoms. The molecule has 1 unspecified atom stereocenters. The molecule has 0 saturated carbocycles. The molecule has 0 aromatic heterocycles. The highest BCUT2D eigenvalue weighted by Crippen LogP contribution is 1.97. The highest BCUT2D eigenvalue weighted by molar-refractivity contribution is 5.86. The average molecular weight is 272 g/mol. The van der Waals surface area contributed by atoms with Gasteiger partial charge < -0.3 is 15.7 Å². The molecule has 0 saturated heterocycles. The Kier molecular flexibility index (Phi) is 9.48. The van der Waals surface area contributed by atoms with Gasteiger partial charge in [-0.05, 0) is 13.3 Å². The Balaban J connectivity index is 3.61. The number of amides is 2. The van der Waals surface area contributed by atoms with Gasteiger partial charge in [-0.1, -0.05) is 26.2 Å². The quantitative estimate of drug-likeness (QED) is 0.518. The number of rotatable bonds is 10. The van der Waals surface area contributed by atoms with Crippen molar-refractivity contribution in [2.45, 2.75) is 58.4 Å². The van der Waals surface area contributed by atoms with E-state index >= 15 is 0 Å². The molecule has 6 nitrogen and oxygen atoms in total. The van der Waals surface area contributed by atoms with E-state index in [-0.39, 0.29) is 18.7 Å². The minimum atomic E-state index is -1.09. The van der Waals surface area contributed by atoms with E-state index in [2.05, 4.69) is 17.6 Å². The van der Waals surface area contributed by atoms with Crippen LogP contribution in [0, 0.1) is 0 Å². The topological polar surface area (TPSA) is 95.5 Å². The number of aliphatic carboxylic acids is 1. The first-order valence-corrected chi connectivity index (χ1v) is 6.76. The van der Waals surface area contributed by atoms with Crippen molar-refractivity contribution in [2.24, 2.45) is 0 Å². The van der Waals surface area contributed by atoms with Gasteiger partial charge in [0.25, 0.3) is 0 Å². The van der Waals surface area contributed by atoms with Crippen LogP contribution in [0.1, 0.15) is 52.4 Å². The van der Waals surface area contributed by atoms with Crippen molar-refractivity contribution in [1.82, 2.24) is 10.6 Å². The van der Waals surface area contributed by atoms with Gasteiger partial charge in [-0.3, -0.25) is 14.4 Å². The van der Waals surface area contributed by atoms with E-state index in [0.29, 0.717) is 6.54 Å². The minimum Gasteiger partial charge on any atom is -0.480 e. The Morgan fingerprint density at radius 1 is 1.05 bits per heavy atom. The number of carboxylic acid groups (broad SMARTS) is 1. The zero-order valence-corrected chi connectivity index (χ0v) is 11.7. The largest absolute Gasteiger partial charge is 0.480 e. The fraction of sp³-hybridized carbons (Fsp3) is 0.769. The summed E-state index contributed by atoms with van der Waals surface area (Å²) in [7, 11) is 0. The van der Waals surface area contributed by atoms with Crippen LogP contribution in [0.2, 0.25) is 0 Å². The van der Waals surface area contributed by atoms with E-state index in [1.165, 1.54) is 6.92 Å². The van der Waals surface area contributed by atoms with Crippen LogP contribution in [0.15, 0.2) is 0 Å². The second-order valence-corrected chi connectivity index (χ2v) is 4.54. The molecule has 3 N–H and O–H groups in total. The van der Waals surface area contributed by atoms with E-state index in [1.807, 2.05) is 0 Å². The van der Waals surface area contributed by atoms with Crippen LogP contribution in [-0.4, -0.2) is 35.5 Å². The second kappa shape index (κ2) is 10.3. The molecule has 1 atom stereocenters. The smallest absolute Gasteiger partial charge is 0.325 e. The number of carbonyl (C=O) groups excluding carboxylic acids is 2. The number of hydrogen-bond donors (Lipinski definition) is 3. The van der Waals surface area contributed by atoms with Gasteiger partial charge in [0, 0.05) is 19.4 Å². The first kappa shape index (κ1) is 17.4. The molecular formula is C13H24N2O4. The predicted octanol–water partition coefficient (Wildman–Crippen LogP) is 1.05. The monoisotopic (exact) mass is 272 g/mol. The Hall–Kier alpha value is -1.59. The van der Waals surface area contributed by atoms with Gasteiger partial charge in [-0.15, -0.1) is 0 Å². The number of nitrogens with one attached hydrogen (secondary N) is 2. The third kappa shape index (κ3) is 10.1. The summed E-state index contributed by atoms with van der Waals surface area (Å²) in [4.78, 5) is 33.2. The molecule has 0 fully saturated rings. The van der Waals surface area contributed by atoms with Crippen molar-refractivity contribution in [3.05, 3.63) is 0 Å². The van der Waals surface area contributed by atoms with Crippen LogP contribution in [-0.2, 0) is 14.4 Å². The summed E-state index contributed by atoms with van der Waals surface area (Å²) in [5, 5.41) is 13.6. The minimum absolute atomic E-state index is 0.0123. The van der Waals surface area contributed by atoms with E-state index in [0.717, 1.165) is 25.7 Å². The molecule has 0 rings (SSSR count). The standard InChI is InChI=1S/C13H24N2O4/c1-3-4-5-6-9-14-11(16)7-8-12(17)15-10(2)13(18)19/h10H,3-9H2,1-2H3,(H,14,16)(H,15,17)(H,18,19). The van der Waals surface area contributed by atoms with E-state index in [4.69, 9.17) is 5.11 Å². The lowest BCUT2D eigenvalue weighted by Crippen LogP contribution is -2.38. The van der Waals surface area contributed by atoms with E-state index in [9.17, 15) is 14.4 Å². The lowest BCUT2D eigenvalue weighted by Gasteiger charge is -2.09. The summed E-state index contributed by atoms with van der Waals surface area (Å²) < 4.78 is 0. The van der Waals surface area contributed by atoms with Crippen LogP contribution < -0.4 is 10.6 Å². The van der Waals surface area contributed by atoms with Crippen LogP contribution in [0.5, 0.6) is 0 Å². The lowest BCUT2D eigenvalue weighted by molar-refractivity contribution is -0.141. The Morgan fingerprint density at radius 3 is 2.26 bits per heavy atom. The summed E-state index contributed by atoms with van der Waals surface area (Å²) in [6.07, 6.45) is 4.45. The molecule has 0 bridgehead atoms. The SMILES string of the molecule is CCCCCCNC(=O)CCC(=O)NC(C)C(=O)O. The fourth-order valence-corrected chi connectivity index (χ4v) is 1.47. The van der Waals surface area contributed by atoms with Crippen molar-refractivity contribution in [3.63, 3.8) is 0 Å². The number of carboxylic acids is 1. The van der Waals surface area contributed by atoms with Crippen LogP contribution in [0.4, 0.5) is 0 Å². The van der Waals surface area contributed by atoms with Crippen LogP contribution >= 0.6 is 0 Å².